The number of fused-ring (bicyclic) bond motifs is 1. The van der Waals surface area contributed by atoms with E-state index in [1.165, 1.54) is 12.1 Å². The Bertz CT molecular complexity index is 494. The number of nitrogens with one attached hydrogen (secondary N) is 1. The van der Waals surface area contributed by atoms with Crippen molar-refractivity contribution in [3.8, 4) is 0 Å². The van der Waals surface area contributed by atoms with Crippen LogP contribution in [-0.2, 0) is 4.43 Å². The molecule has 0 aliphatic rings. The topological polar surface area (TPSA) is 71.8 Å². The summed E-state index contributed by atoms with van der Waals surface area (Å²) in [4.78, 5) is 17.3. The molecule has 0 fully saturated rings. The number of halogens is 1. The quantitative estimate of drug-likeness (QED) is 0.401. The highest BCUT2D eigenvalue weighted by Gasteiger charge is 2.08. The van der Waals surface area contributed by atoms with Crippen LogP contribution >= 0.6 is 22.6 Å². The molecule has 0 spiro atoms. The number of aromatic nitrogens is 2. The third-order valence-corrected chi connectivity index (χ3v) is 2.57. The first kappa shape index (κ1) is 9.38. The Morgan fingerprint density at radius 3 is 3.00 bits per heavy atom. The number of nitrogens with zero attached hydrogens (tertiary/aromatic N) is 2. The molecule has 1 aromatic heterocycles. The van der Waals surface area contributed by atoms with E-state index < -0.39 is 4.92 Å². The van der Waals surface area contributed by atoms with Crippen LogP contribution < -0.4 is 0 Å². The summed E-state index contributed by atoms with van der Waals surface area (Å²) in [5.41, 5.74) is 1.56. The minimum atomic E-state index is -0.413. The van der Waals surface area contributed by atoms with E-state index in [0.717, 1.165) is 15.8 Å². The summed E-state index contributed by atoms with van der Waals surface area (Å²) in [6.45, 7) is 0. The van der Waals surface area contributed by atoms with Crippen LogP contribution in [0, 0.1) is 10.1 Å². The van der Waals surface area contributed by atoms with Gasteiger partial charge in [-0.05, 0) is 6.07 Å². The molecule has 1 heterocycles. The van der Waals surface area contributed by atoms with Crippen LogP contribution in [0.25, 0.3) is 11.0 Å². The normalized spacial score (nSPS) is 10.6. The molecule has 72 valence electrons. The van der Waals surface area contributed by atoms with Gasteiger partial charge in [-0.2, -0.15) is 0 Å². The maximum atomic E-state index is 10.5. The third kappa shape index (κ3) is 1.57. The Hall–Kier alpha value is -1.18. The maximum Gasteiger partial charge on any atom is 0.271 e. The van der Waals surface area contributed by atoms with Crippen LogP contribution in [0.2, 0.25) is 0 Å². The molecule has 0 unspecified atom stereocenters. The van der Waals surface area contributed by atoms with Crippen molar-refractivity contribution in [2.45, 2.75) is 4.43 Å². The second-order valence-corrected chi connectivity index (χ2v) is 3.54. The average molecular weight is 303 g/mol. The number of H-pyrrole nitrogens is 1. The number of nitro benzene ring substituents is 1. The molecule has 0 aliphatic carbocycles. The van der Waals surface area contributed by atoms with Crippen molar-refractivity contribution in [1.82, 2.24) is 9.97 Å². The number of hydrogen-bond acceptors (Lipinski definition) is 3. The van der Waals surface area contributed by atoms with Crippen molar-refractivity contribution < 1.29 is 4.92 Å². The first-order chi connectivity index (χ1) is 6.70. The Kier molecular flexibility index (Phi) is 2.36. The smallest absolute Gasteiger partial charge is 0.271 e. The highest BCUT2D eigenvalue weighted by Crippen LogP contribution is 2.19. The van der Waals surface area contributed by atoms with Gasteiger partial charge in [0, 0.05) is 12.1 Å². The second kappa shape index (κ2) is 3.52. The molecule has 0 radical (unpaired) electrons. The summed E-state index contributed by atoms with van der Waals surface area (Å²) >= 11 is 2.18. The number of aromatic amines is 1. The predicted molar refractivity (Wildman–Crippen MR) is 60.5 cm³/mol. The van der Waals surface area contributed by atoms with E-state index in [2.05, 4.69) is 32.6 Å². The van der Waals surface area contributed by atoms with E-state index in [4.69, 9.17) is 0 Å². The molecule has 6 heteroatoms. The van der Waals surface area contributed by atoms with E-state index in [1.54, 1.807) is 6.07 Å². The number of alkyl halides is 1. The molecule has 1 N–H and O–H groups in total. The number of hydrogen-bond donors (Lipinski definition) is 1. The highest BCUT2D eigenvalue weighted by atomic mass is 127. The minimum Gasteiger partial charge on any atom is -0.341 e. The molecule has 0 saturated carbocycles. The number of non-ortho nitro benzene ring substituents is 1. The molecule has 0 aliphatic heterocycles. The van der Waals surface area contributed by atoms with Crippen LogP contribution in [0.4, 0.5) is 5.69 Å². The molecule has 0 bridgehead atoms. The van der Waals surface area contributed by atoms with Crippen molar-refractivity contribution >= 4 is 39.3 Å². The molecule has 0 saturated heterocycles. The van der Waals surface area contributed by atoms with E-state index in [9.17, 15) is 10.1 Å². The fraction of sp³-hybridized carbons (Fsp3) is 0.125. The van der Waals surface area contributed by atoms with E-state index >= 15 is 0 Å². The Morgan fingerprint density at radius 2 is 2.36 bits per heavy atom. The SMILES string of the molecule is O=[N+]([O-])c1ccc2nc(CI)[nH]c2c1. The molecule has 2 rings (SSSR count). The number of benzene rings is 1. The number of rotatable bonds is 2. The van der Waals surface area contributed by atoms with Gasteiger partial charge in [0.1, 0.15) is 5.82 Å². The van der Waals surface area contributed by atoms with Gasteiger partial charge in [0.2, 0.25) is 0 Å². The average Bonchev–Trinajstić information content (AvgIpc) is 2.58. The minimum absolute atomic E-state index is 0.0844. The van der Waals surface area contributed by atoms with Gasteiger partial charge in [-0.1, -0.05) is 22.6 Å². The van der Waals surface area contributed by atoms with Gasteiger partial charge in [0.25, 0.3) is 5.69 Å². The van der Waals surface area contributed by atoms with Gasteiger partial charge in [-0.25, -0.2) is 4.98 Å². The lowest BCUT2D eigenvalue weighted by Gasteiger charge is -1.89. The second-order valence-electron chi connectivity index (χ2n) is 2.78. The lowest BCUT2D eigenvalue weighted by Crippen LogP contribution is -1.86. The first-order valence-corrected chi connectivity index (χ1v) is 5.42. The Morgan fingerprint density at radius 1 is 1.57 bits per heavy atom. The highest BCUT2D eigenvalue weighted by molar-refractivity contribution is 14.1. The predicted octanol–water partition coefficient (Wildman–Crippen LogP) is 2.41. The van der Waals surface area contributed by atoms with Crippen molar-refractivity contribution in [3.63, 3.8) is 0 Å². The van der Waals surface area contributed by atoms with Crippen LogP contribution in [-0.4, -0.2) is 14.9 Å². The van der Waals surface area contributed by atoms with Gasteiger partial charge in [0.15, 0.2) is 0 Å². The van der Waals surface area contributed by atoms with Crippen LogP contribution in [0.15, 0.2) is 18.2 Å². The number of imidazole rings is 1. The molecular weight excluding hydrogens is 297 g/mol. The summed E-state index contributed by atoms with van der Waals surface area (Å²) in [5, 5.41) is 10.5. The zero-order valence-electron chi connectivity index (χ0n) is 7.03. The monoisotopic (exact) mass is 303 g/mol. The Labute approximate surface area is 92.8 Å². The van der Waals surface area contributed by atoms with Crippen molar-refractivity contribution in [1.29, 1.82) is 0 Å². The standard InChI is InChI=1S/C8H6IN3O2/c9-4-8-10-6-2-1-5(12(13)14)3-7(6)11-8/h1-3H,4H2,(H,10,11). The van der Waals surface area contributed by atoms with E-state index in [0.29, 0.717) is 5.52 Å². The van der Waals surface area contributed by atoms with Gasteiger partial charge < -0.3 is 4.98 Å². The third-order valence-electron chi connectivity index (χ3n) is 1.85. The molecule has 1 aromatic carbocycles. The lowest BCUT2D eigenvalue weighted by atomic mass is 10.3. The molecule has 14 heavy (non-hydrogen) atoms. The van der Waals surface area contributed by atoms with Gasteiger partial charge in [0.05, 0.1) is 20.4 Å². The molecule has 0 atom stereocenters. The van der Waals surface area contributed by atoms with Crippen LogP contribution in [0.1, 0.15) is 5.82 Å². The zero-order chi connectivity index (χ0) is 10.1. The van der Waals surface area contributed by atoms with Crippen molar-refractivity contribution in [2.24, 2.45) is 0 Å². The fourth-order valence-corrected chi connectivity index (χ4v) is 1.59. The van der Waals surface area contributed by atoms with Gasteiger partial charge >= 0.3 is 0 Å². The molecule has 2 aromatic rings. The molecule has 0 amide bonds. The summed E-state index contributed by atoms with van der Waals surface area (Å²) in [5.74, 6) is 0.834. The fourth-order valence-electron chi connectivity index (χ4n) is 1.23. The number of nitro groups is 1. The summed E-state index contributed by atoms with van der Waals surface area (Å²) in [6.07, 6.45) is 0. The van der Waals surface area contributed by atoms with Crippen LogP contribution in [0.3, 0.4) is 0 Å². The summed E-state index contributed by atoms with van der Waals surface area (Å²) in [7, 11) is 0. The first-order valence-electron chi connectivity index (χ1n) is 3.89. The maximum absolute atomic E-state index is 10.5. The largest absolute Gasteiger partial charge is 0.341 e. The van der Waals surface area contributed by atoms with E-state index in [1.807, 2.05) is 0 Å². The molecule has 5 nitrogen and oxygen atoms in total. The van der Waals surface area contributed by atoms with Crippen molar-refractivity contribution in [3.05, 3.63) is 34.1 Å². The van der Waals surface area contributed by atoms with E-state index in [-0.39, 0.29) is 5.69 Å². The lowest BCUT2D eigenvalue weighted by molar-refractivity contribution is -0.384. The van der Waals surface area contributed by atoms with Crippen LogP contribution in [0.5, 0.6) is 0 Å². The summed E-state index contributed by atoms with van der Waals surface area (Å²) in [6, 6.07) is 4.61. The van der Waals surface area contributed by atoms with Gasteiger partial charge in [-0.15, -0.1) is 0 Å². The molecular formula is C8H6IN3O2. The van der Waals surface area contributed by atoms with Gasteiger partial charge in [-0.3, -0.25) is 10.1 Å². The van der Waals surface area contributed by atoms with Crippen molar-refractivity contribution in [2.75, 3.05) is 0 Å². The zero-order valence-corrected chi connectivity index (χ0v) is 9.19. The summed E-state index contributed by atoms with van der Waals surface area (Å²) < 4.78 is 0.764. The Balaban J connectivity index is 2.59.